The SMILES string of the molecule is COc1ccccc1CCCOc1cccc(N)c1. The Morgan fingerprint density at radius 3 is 2.68 bits per heavy atom. The molecule has 3 heteroatoms. The van der Waals surface area contributed by atoms with Gasteiger partial charge < -0.3 is 15.2 Å². The zero-order valence-electron chi connectivity index (χ0n) is 11.1. The zero-order chi connectivity index (χ0) is 13.5. The second kappa shape index (κ2) is 6.69. The maximum Gasteiger partial charge on any atom is 0.122 e. The minimum Gasteiger partial charge on any atom is -0.496 e. The Labute approximate surface area is 114 Å². The summed E-state index contributed by atoms with van der Waals surface area (Å²) in [5.74, 6) is 1.76. The molecule has 0 amide bonds. The second-order valence-electron chi connectivity index (χ2n) is 4.34. The van der Waals surface area contributed by atoms with Crippen LogP contribution in [0, 0.1) is 0 Å². The van der Waals surface area contributed by atoms with Gasteiger partial charge in [0.15, 0.2) is 0 Å². The Bertz CT molecular complexity index is 526. The highest BCUT2D eigenvalue weighted by molar-refractivity contribution is 5.43. The van der Waals surface area contributed by atoms with Gasteiger partial charge in [-0.15, -0.1) is 0 Å². The first-order chi connectivity index (χ1) is 9.29. The van der Waals surface area contributed by atoms with Crippen LogP contribution >= 0.6 is 0 Å². The molecule has 0 aliphatic heterocycles. The smallest absolute Gasteiger partial charge is 0.122 e. The predicted octanol–water partition coefficient (Wildman–Crippen LogP) is 3.29. The first-order valence-corrected chi connectivity index (χ1v) is 6.40. The summed E-state index contributed by atoms with van der Waals surface area (Å²) < 4.78 is 11.0. The van der Waals surface area contributed by atoms with Crippen LogP contribution in [0.3, 0.4) is 0 Å². The molecule has 0 heterocycles. The van der Waals surface area contributed by atoms with Crippen molar-refractivity contribution in [1.29, 1.82) is 0 Å². The maximum atomic E-state index is 5.70. The molecule has 100 valence electrons. The lowest BCUT2D eigenvalue weighted by Crippen LogP contribution is -2.01. The van der Waals surface area contributed by atoms with Crippen LogP contribution in [0.4, 0.5) is 5.69 Å². The van der Waals surface area contributed by atoms with Crippen LogP contribution in [0.15, 0.2) is 48.5 Å². The first kappa shape index (κ1) is 13.3. The summed E-state index contributed by atoms with van der Waals surface area (Å²) in [5, 5.41) is 0. The van der Waals surface area contributed by atoms with E-state index in [1.165, 1.54) is 5.56 Å². The van der Waals surface area contributed by atoms with E-state index in [0.29, 0.717) is 6.61 Å². The van der Waals surface area contributed by atoms with E-state index in [9.17, 15) is 0 Å². The molecule has 0 atom stereocenters. The lowest BCUT2D eigenvalue weighted by molar-refractivity contribution is 0.310. The largest absolute Gasteiger partial charge is 0.496 e. The number of para-hydroxylation sites is 1. The molecule has 0 fully saturated rings. The lowest BCUT2D eigenvalue weighted by atomic mass is 10.1. The van der Waals surface area contributed by atoms with Crippen molar-refractivity contribution in [2.75, 3.05) is 19.5 Å². The first-order valence-electron chi connectivity index (χ1n) is 6.40. The molecular weight excluding hydrogens is 238 g/mol. The molecule has 0 unspecified atom stereocenters. The molecule has 0 spiro atoms. The Kier molecular flexibility index (Phi) is 4.67. The topological polar surface area (TPSA) is 44.5 Å². The van der Waals surface area contributed by atoms with Crippen LogP contribution < -0.4 is 15.2 Å². The van der Waals surface area contributed by atoms with E-state index in [0.717, 1.165) is 30.0 Å². The van der Waals surface area contributed by atoms with Crippen LogP contribution in [0.2, 0.25) is 0 Å². The number of benzene rings is 2. The number of nitrogens with two attached hydrogens (primary N) is 1. The molecule has 0 aliphatic rings. The minimum atomic E-state index is 0.668. The number of hydrogen-bond acceptors (Lipinski definition) is 3. The van der Waals surface area contributed by atoms with E-state index in [-0.39, 0.29) is 0 Å². The maximum absolute atomic E-state index is 5.70. The monoisotopic (exact) mass is 257 g/mol. The number of methoxy groups -OCH3 is 1. The van der Waals surface area contributed by atoms with Gasteiger partial charge in [-0.25, -0.2) is 0 Å². The molecule has 2 aromatic rings. The van der Waals surface area contributed by atoms with Crippen molar-refractivity contribution >= 4 is 5.69 Å². The summed E-state index contributed by atoms with van der Waals surface area (Å²) in [6.07, 6.45) is 1.88. The Balaban J connectivity index is 1.81. The van der Waals surface area contributed by atoms with Crippen LogP contribution in [0.1, 0.15) is 12.0 Å². The van der Waals surface area contributed by atoms with Gasteiger partial charge in [-0.05, 0) is 36.6 Å². The summed E-state index contributed by atoms with van der Waals surface area (Å²) in [5.41, 5.74) is 7.63. The van der Waals surface area contributed by atoms with Gasteiger partial charge >= 0.3 is 0 Å². The quantitative estimate of drug-likeness (QED) is 0.638. The normalized spacial score (nSPS) is 10.2. The summed E-state index contributed by atoms with van der Waals surface area (Å²) in [6.45, 7) is 0.668. The third-order valence-corrected chi connectivity index (χ3v) is 2.91. The fraction of sp³-hybridized carbons (Fsp3) is 0.250. The minimum absolute atomic E-state index is 0.668. The summed E-state index contributed by atoms with van der Waals surface area (Å²) in [6, 6.07) is 15.6. The van der Waals surface area contributed by atoms with Gasteiger partial charge in [0.2, 0.25) is 0 Å². The Morgan fingerprint density at radius 1 is 1.05 bits per heavy atom. The van der Waals surface area contributed by atoms with Gasteiger partial charge in [-0.2, -0.15) is 0 Å². The predicted molar refractivity (Wildman–Crippen MR) is 77.7 cm³/mol. The summed E-state index contributed by atoms with van der Waals surface area (Å²) in [4.78, 5) is 0. The van der Waals surface area contributed by atoms with Crippen molar-refractivity contribution in [3.05, 3.63) is 54.1 Å². The van der Waals surface area contributed by atoms with E-state index in [4.69, 9.17) is 15.2 Å². The van der Waals surface area contributed by atoms with E-state index in [1.54, 1.807) is 7.11 Å². The van der Waals surface area contributed by atoms with Crippen LogP contribution in [0.5, 0.6) is 11.5 Å². The molecule has 0 aromatic heterocycles. The highest BCUT2D eigenvalue weighted by Crippen LogP contribution is 2.19. The van der Waals surface area contributed by atoms with Gasteiger partial charge in [0.1, 0.15) is 11.5 Å². The molecular formula is C16H19NO2. The summed E-state index contributed by atoms with van der Waals surface area (Å²) in [7, 11) is 1.70. The van der Waals surface area contributed by atoms with Crippen LogP contribution in [-0.4, -0.2) is 13.7 Å². The van der Waals surface area contributed by atoms with Crippen molar-refractivity contribution in [3.63, 3.8) is 0 Å². The average Bonchev–Trinajstić information content (AvgIpc) is 2.44. The third kappa shape index (κ3) is 3.91. The van der Waals surface area contributed by atoms with Gasteiger partial charge in [0.25, 0.3) is 0 Å². The van der Waals surface area contributed by atoms with E-state index < -0.39 is 0 Å². The molecule has 3 nitrogen and oxygen atoms in total. The highest BCUT2D eigenvalue weighted by Gasteiger charge is 2.01. The average molecular weight is 257 g/mol. The van der Waals surface area contributed by atoms with Crippen LogP contribution in [-0.2, 0) is 6.42 Å². The Morgan fingerprint density at radius 2 is 1.89 bits per heavy atom. The fourth-order valence-electron chi connectivity index (χ4n) is 1.97. The highest BCUT2D eigenvalue weighted by atomic mass is 16.5. The molecule has 0 saturated heterocycles. The van der Waals surface area contributed by atoms with Crippen molar-refractivity contribution in [2.24, 2.45) is 0 Å². The lowest BCUT2D eigenvalue weighted by Gasteiger charge is -2.09. The van der Waals surface area contributed by atoms with E-state index in [1.807, 2.05) is 42.5 Å². The molecule has 2 aromatic carbocycles. The molecule has 2 N–H and O–H groups in total. The number of aryl methyl sites for hydroxylation is 1. The van der Waals surface area contributed by atoms with E-state index in [2.05, 4.69) is 6.07 Å². The number of ether oxygens (including phenoxy) is 2. The number of nitrogen functional groups attached to an aromatic ring is 1. The van der Waals surface area contributed by atoms with Crippen molar-refractivity contribution in [2.45, 2.75) is 12.8 Å². The number of anilines is 1. The Hall–Kier alpha value is -2.16. The molecule has 0 bridgehead atoms. The van der Waals surface area contributed by atoms with Gasteiger partial charge in [0.05, 0.1) is 13.7 Å². The van der Waals surface area contributed by atoms with Crippen LogP contribution in [0.25, 0.3) is 0 Å². The summed E-state index contributed by atoms with van der Waals surface area (Å²) >= 11 is 0. The van der Waals surface area contributed by atoms with Gasteiger partial charge in [-0.3, -0.25) is 0 Å². The standard InChI is InChI=1S/C16H19NO2/c1-18-16-10-3-2-6-13(16)7-5-11-19-15-9-4-8-14(17)12-15/h2-4,6,8-10,12H,5,7,11,17H2,1H3. The number of hydrogen-bond donors (Lipinski definition) is 1. The zero-order valence-corrected chi connectivity index (χ0v) is 11.1. The van der Waals surface area contributed by atoms with E-state index >= 15 is 0 Å². The van der Waals surface area contributed by atoms with Gasteiger partial charge in [-0.1, -0.05) is 24.3 Å². The fourth-order valence-corrected chi connectivity index (χ4v) is 1.97. The number of rotatable bonds is 6. The van der Waals surface area contributed by atoms with Crippen molar-refractivity contribution in [1.82, 2.24) is 0 Å². The van der Waals surface area contributed by atoms with Crippen molar-refractivity contribution < 1.29 is 9.47 Å². The molecule has 0 aliphatic carbocycles. The third-order valence-electron chi connectivity index (χ3n) is 2.91. The van der Waals surface area contributed by atoms with Crippen molar-refractivity contribution in [3.8, 4) is 11.5 Å². The molecule has 0 radical (unpaired) electrons. The molecule has 19 heavy (non-hydrogen) atoms. The molecule has 2 rings (SSSR count). The van der Waals surface area contributed by atoms with Gasteiger partial charge in [0, 0.05) is 11.8 Å². The molecule has 0 saturated carbocycles. The second-order valence-corrected chi connectivity index (χ2v) is 4.34.